The molecule has 1 saturated carbocycles. The van der Waals surface area contributed by atoms with E-state index in [1.54, 1.807) is 0 Å². The van der Waals surface area contributed by atoms with Gasteiger partial charge >= 0.3 is 0 Å². The molecule has 19 heavy (non-hydrogen) atoms. The lowest BCUT2D eigenvalue weighted by atomic mass is 9.78. The second kappa shape index (κ2) is 9.73. The van der Waals surface area contributed by atoms with Crippen molar-refractivity contribution < 1.29 is 9.47 Å². The molecule has 3 heteroatoms. The SMILES string of the molecule is CCCCOCCOC1(CNCC)CCCC(C)C1. The van der Waals surface area contributed by atoms with Crippen LogP contribution in [0.1, 0.15) is 59.3 Å². The van der Waals surface area contributed by atoms with E-state index < -0.39 is 0 Å². The minimum Gasteiger partial charge on any atom is -0.379 e. The van der Waals surface area contributed by atoms with Gasteiger partial charge in [0.05, 0.1) is 18.8 Å². The highest BCUT2D eigenvalue weighted by Crippen LogP contribution is 2.34. The summed E-state index contributed by atoms with van der Waals surface area (Å²) in [7, 11) is 0. The number of rotatable bonds is 10. The Morgan fingerprint density at radius 2 is 2.05 bits per heavy atom. The summed E-state index contributed by atoms with van der Waals surface area (Å²) in [5.74, 6) is 0.786. The molecule has 0 saturated heterocycles. The molecule has 114 valence electrons. The molecule has 0 aromatic heterocycles. The van der Waals surface area contributed by atoms with Crippen molar-refractivity contribution in [2.24, 2.45) is 5.92 Å². The third kappa shape index (κ3) is 6.73. The van der Waals surface area contributed by atoms with Crippen LogP contribution >= 0.6 is 0 Å². The van der Waals surface area contributed by atoms with Crippen LogP contribution in [0.15, 0.2) is 0 Å². The van der Waals surface area contributed by atoms with E-state index in [9.17, 15) is 0 Å². The monoisotopic (exact) mass is 271 g/mol. The first-order valence-corrected chi connectivity index (χ1v) is 8.15. The Morgan fingerprint density at radius 3 is 2.74 bits per heavy atom. The van der Waals surface area contributed by atoms with E-state index in [2.05, 4.69) is 26.1 Å². The van der Waals surface area contributed by atoms with Crippen LogP contribution in [-0.4, -0.2) is 38.5 Å². The van der Waals surface area contributed by atoms with E-state index >= 15 is 0 Å². The first-order valence-electron chi connectivity index (χ1n) is 8.15. The van der Waals surface area contributed by atoms with Crippen molar-refractivity contribution in [1.82, 2.24) is 5.32 Å². The van der Waals surface area contributed by atoms with Gasteiger partial charge in [0.15, 0.2) is 0 Å². The van der Waals surface area contributed by atoms with Crippen molar-refractivity contribution >= 4 is 0 Å². The van der Waals surface area contributed by atoms with E-state index in [1.165, 1.54) is 32.1 Å². The van der Waals surface area contributed by atoms with Crippen molar-refractivity contribution in [3.05, 3.63) is 0 Å². The topological polar surface area (TPSA) is 30.5 Å². The lowest BCUT2D eigenvalue weighted by Crippen LogP contribution is -2.47. The van der Waals surface area contributed by atoms with Gasteiger partial charge in [0.2, 0.25) is 0 Å². The number of ether oxygens (including phenoxy) is 2. The number of hydrogen-bond acceptors (Lipinski definition) is 3. The first kappa shape index (κ1) is 16.9. The zero-order valence-corrected chi connectivity index (χ0v) is 13.2. The fourth-order valence-electron chi connectivity index (χ4n) is 2.97. The predicted octanol–water partition coefficient (Wildman–Crippen LogP) is 3.38. The third-order valence-corrected chi connectivity index (χ3v) is 4.03. The summed E-state index contributed by atoms with van der Waals surface area (Å²) in [5.41, 5.74) is 0.0573. The minimum atomic E-state index is 0.0573. The van der Waals surface area contributed by atoms with Gasteiger partial charge in [-0.05, 0) is 31.7 Å². The first-order chi connectivity index (χ1) is 9.22. The molecular formula is C16H33NO2. The van der Waals surface area contributed by atoms with Crippen molar-refractivity contribution in [2.45, 2.75) is 64.9 Å². The highest BCUT2D eigenvalue weighted by atomic mass is 16.5. The molecule has 1 fully saturated rings. The molecule has 0 bridgehead atoms. The smallest absolute Gasteiger partial charge is 0.0810 e. The van der Waals surface area contributed by atoms with Crippen LogP contribution in [0, 0.1) is 5.92 Å². The molecule has 1 N–H and O–H groups in total. The summed E-state index contributed by atoms with van der Waals surface area (Å²) in [6.45, 7) is 11.1. The van der Waals surface area contributed by atoms with E-state index in [-0.39, 0.29) is 5.60 Å². The molecule has 2 unspecified atom stereocenters. The van der Waals surface area contributed by atoms with Gasteiger partial charge in [-0.1, -0.05) is 40.0 Å². The van der Waals surface area contributed by atoms with Gasteiger partial charge in [-0.2, -0.15) is 0 Å². The molecule has 2 atom stereocenters. The Bertz CT molecular complexity index is 223. The molecule has 1 aliphatic carbocycles. The van der Waals surface area contributed by atoms with Crippen LogP contribution in [0.25, 0.3) is 0 Å². The highest BCUT2D eigenvalue weighted by Gasteiger charge is 2.35. The molecule has 0 aromatic rings. The van der Waals surface area contributed by atoms with Crippen molar-refractivity contribution in [2.75, 3.05) is 32.9 Å². The van der Waals surface area contributed by atoms with Crippen LogP contribution in [0.4, 0.5) is 0 Å². The van der Waals surface area contributed by atoms with E-state index in [0.717, 1.165) is 45.2 Å². The van der Waals surface area contributed by atoms with Gasteiger partial charge < -0.3 is 14.8 Å². The summed E-state index contributed by atoms with van der Waals surface area (Å²) in [6, 6.07) is 0. The van der Waals surface area contributed by atoms with Gasteiger partial charge in [0, 0.05) is 13.2 Å². The molecule has 3 nitrogen and oxygen atoms in total. The van der Waals surface area contributed by atoms with Gasteiger partial charge in [0.1, 0.15) is 0 Å². The van der Waals surface area contributed by atoms with Crippen LogP contribution in [-0.2, 0) is 9.47 Å². The summed E-state index contributed by atoms with van der Waals surface area (Å²) < 4.78 is 11.8. The predicted molar refractivity (Wildman–Crippen MR) is 80.6 cm³/mol. The molecule has 0 aliphatic heterocycles. The highest BCUT2D eigenvalue weighted by molar-refractivity contribution is 4.89. The maximum Gasteiger partial charge on any atom is 0.0810 e. The van der Waals surface area contributed by atoms with Gasteiger partial charge in [-0.3, -0.25) is 0 Å². The largest absolute Gasteiger partial charge is 0.379 e. The Kier molecular flexibility index (Phi) is 8.67. The fourth-order valence-corrected chi connectivity index (χ4v) is 2.97. The van der Waals surface area contributed by atoms with Crippen LogP contribution in [0.5, 0.6) is 0 Å². The summed E-state index contributed by atoms with van der Waals surface area (Å²) in [6.07, 6.45) is 7.38. The normalized spacial score (nSPS) is 27.6. The summed E-state index contributed by atoms with van der Waals surface area (Å²) in [5, 5.41) is 3.47. The summed E-state index contributed by atoms with van der Waals surface area (Å²) >= 11 is 0. The number of unbranched alkanes of at least 4 members (excludes halogenated alkanes) is 1. The fraction of sp³-hybridized carbons (Fsp3) is 1.00. The Balaban J connectivity index is 2.28. The quantitative estimate of drug-likeness (QED) is 0.618. The lowest BCUT2D eigenvalue weighted by Gasteiger charge is -2.40. The number of hydrogen-bond donors (Lipinski definition) is 1. The molecule has 1 rings (SSSR count). The lowest BCUT2D eigenvalue weighted by molar-refractivity contribution is -0.0950. The second-order valence-corrected chi connectivity index (χ2v) is 5.98. The van der Waals surface area contributed by atoms with Crippen molar-refractivity contribution in [3.8, 4) is 0 Å². The average molecular weight is 271 g/mol. The maximum atomic E-state index is 6.24. The van der Waals surface area contributed by atoms with Crippen LogP contribution < -0.4 is 5.32 Å². The van der Waals surface area contributed by atoms with Crippen molar-refractivity contribution in [3.63, 3.8) is 0 Å². The van der Waals surface area contributed by atoms with Crippen molar-refractivity contribution in [1.29, 1.82) is 0 Å². The van der Waals surface area contributed by atoms with Gasteiger partial charge in [0.25, 0.3) is 0 Å². The Labute approximate surface area is 119 Å². The number of likely N-dealkylation sites (N-methyl/N-ethyl adjacent to an activating group) is 1. The molecule has 0 spiro atoms. The third-order valence-electron chi connectivity index (χ3n) is 4.03. The second-order valence-electron chi connectivity index (χ2n) is 5.98. The molecule has 0 heterocycles. The van der Waals surface area contributed by atoms with Crippen LogP contribution in [0.3, 0.4) is 0 Å². The molecule has 0 aromatic carbocycles. The number of nitrogens with one attached hydrogen (secondary N) is 1. The zero-order chi connectivity index (χ0) is 14.0. The van der Waals surface area contributed by atoms with E-state index in [1.807, 2.05) is 0 Å². The minimum absolute atomic E-state index is 0.0573. The van der Waals surface area contributed by atoms with Gasteiger partial charge in [-0.25, -0.2) is 0 Å². The summed E-state index contributed by atoms with van der Waals surface area (Å²) in [4.78, 5) is 0. The molecule has 1 aliphatic rings. The molecule has 0 radical (unpaired) electrons. The maximum absolute atomic E-state index is 6.24. The Hall–Kier alpha value is -0.120. The average Bonchev–Trinajstić information content (AvgIpc) is 2.41. The Morgan fingerprint density at radius 1 is 1.21 bits per heavy atom. The zero-order valence-electron chi connectivity index (χ0n) is 13.2. The van der Waals surface area contributed by atoms with E-state index in [4.69, 9.17) is 9.47 Å². The van der Waals surface area contributed by atoms with Gasteiger partial charge in [-0.15, -0.1) is 0 Å². The standard InChI is InChI=1S/C16H33NO2/c1-4-6-10-18-11-12-19-16(14-17-5-2)9-7-8-15(3)13-16/h15,17H,4-14H2,1-3H3. The van der Waals surface area contributed by atoms with Crippen LogP contribution in [0.2, 0.25) is 0 Å². The van der Waals surface area contributed by atoms with E-state index in [0.29, 0.717) is 0 Å². The molecular weight excluding hydrogens is 238 g/mol. The molecule has 0 amide bonds.